The number of nitrogens with one attached hydrogen (secondary N) is 1. The van der Waals surface area contributed by atoms with E-state index in [4.69, 9.17) is 5.11 Å². The molecule has 1 aliphatic heterocycles. The van der Waals surface area contributed by atoms with E-state index in [1.165, 1.54) is 24.2 Å². The Morgan fingerprint density at radius 1 is 1.19 bits per heavy atom. The Bertz CT molecular complexity index is 784. The van der Waals surface area contributed by atoms with E-state index < -0.39 is 5.97 Å². The summed E-state index contributed by atoms with van der Waals surface area (Å²) in [4.78, 5) is 30.4. The largest absolute Gasteiger partial charge is 0.481 e. The van der Waals surface area contributed by atoms with E-state index in [0.717, 1.165) is 29.6 Å². The number of hydrogen-bond acceptors (Lipinski definition) is 5. The molecule has 1 saturated carbocycles. The van der Waals surface area contributed by atoms with Crippen LogP contribution in [0.2, 0.25) is 0 Å². The van der Waals surface area contributed by atoms with Crippen LogP contribution in [0, 0.1) is 5.92 Å². The molecule has 2 atom stereocenters. The van der Waals surface area contributed by atoms with E-state index in [1.54, 1.807) is 0 Å². The fraction of sp³-hybridized carbons (Fsp3) is 0.526. The molecule has 1 amide bonds. The number of carbonyl (C=O) groups excluding carboxylic acids is 1. The van der Waals surface area contributed by atoms with Crippen molar-refractivity contribution < 1.29 is 14.7 Å². The summed E-state index contributed by atoms with van der Waals surface area (Å²) in [5, 5.41) is 12.7. The van der Waals surface area contributed by atoms with Gasteiger partial charge in [-0.25, -0.2) is 4.98 Å². The summed E-state index contributed by atoms with van der Waals surface area (Å²) in [5.41, 5.74) is 0.848. The van der Waals surface area contributed by atoms with Crippen LogP contribution in [0.25, 0.3) is 10.2 Å². The van der Waals surface area contributed by atoms with Gasteiger partial charge in [0, 0.05) is 25.2 Å². The molecular weight excluding hydrogens is 350 g/mol. The molecule has 2 aromatic rings. The quantitative estimate of drug-likeness (QED) is 0.780. The summed E-state index contributed by atoms with van der Waals surface area (Å²) >= 11 is 1.40. The maximum atomic E-state index is 12.5. The maximum Gasteiger partial charge on any atom is 0.304 e. The van der Waals surface area contributed by atoms with Gasteiger partial charge in [-0.15, -0.1) is 11.3 Å². The minimum Gasteiger partial charge on any atom is -0.481 e. The van der Waals surface area contributed by atoms with Crippen LogP contribution in [0.4, 0.5) is 0 Å². The van der Waals surface area contributed by atoms with E-state index in [-0.39, 0.29) is 24.4 Å². The van der Waals surface area contributed by atoms with E-state index in [2.05, 4.69) is 15.2 Å². The van der Waals surface area contributed by atoms with Gasteiger partial charge in [0.1, 0.15) is 0 Å². The first-order valence-corrected chi connectivity index (χ1v) is 10.0. The minimum absolute atomic E-state index is 0.0949. The van der Waals surface area contributed by atoms with E-state index in [0.29, 0.717) is 17.5 Å². The van der Waals surface area contributed by atoms with Gasteiger partial charge in [0.2, 0.25) is 0 Å². The standard InChI is InChI=1S/C19H23N3O3S/c23-17(24)9-13-7-8-14(22(13)11-12-5-6-12)10-20-18(25)19-21-15-3-1-2-4-16(15)26-19/h1-4,12-14H,5-11H2,(H,20,25)(H,23,24)/t13-,14+/m1/s1. The summed E-state index contributed by atoms with van der Waals surface area (Å²) in [6.07, 6.45) is 4.49. The van der Waals surface area contributed by atoms with Crippen molar-refractivity contribution in [3.63, 3.8) is 0 Å². The van der Waals surface area contributed by atoms with Crippen LogP contribution in [0.15, 0.2) is 24.3 Å². The summed E-state index contributed by atoms with van der Waals surface area (Å²) in [7, 11) is 0. The minimum atomic E-state index is -0.741. The lowest BCUT2D eigenvalue weighted by atomic mass is 10.1. The number of nitrogens with zero attached hydrogens (tertiary/aromatic N) is 2. The molecular formula is C19H23N3O3S. The van der Waals surface area contributed by atoms with Gasteiger partial charge in [0.25, 0.3) is 5.91 Å². The van der Waals surface area contributed by atoms with Gasteiger partial charge < -0.3 is 10.4 Å². The van der Waals surface area contributed by atoms with Crippen LogP contribution in [-0.2, 0) is 4.79 Å². The SMILES string of the molecule is O=C(O)C[C@H]1CC[C@@H](CNC(=O)c2nc3ccccc3s2)N1CC1CC1. The smallest absolute Gasteiger partial charge is 0.304 e. The highest BCUT2D eigenvalue weighted by Gasteiger charge is 2.38. The Kier molecular flexibility index (Phi) is 4.91. The average Bonchev–Trinajstić information content (AvgIpc) is 3.21. The lowest BCUT2D eigenvalue weighted by Crippen LogP contribution is -2.44. The molecule has 2 N–H and O–H groups in total. The van der Waals surface area contributed by atoms with E-state index in [1.807, 2.05) is 24.3 Å². The Balaban J connectivity index is 1.39. The Labute approximate surface area is 156 Å². The lowest BCUT2D eigenvalue weighted by molar-refractivity contribution is -0.138. The summed E-state index contributed by atoms with van der Waals surface area (Å²) in [6, 6.07) is 8.05. The van der Waals surface area contributed by atoms with Crippen molar-refractivity contribution in [2.75, 3.05) is 13.1 Å². The zero-order valence-corrected chi connectivity index (χ0v) is 15.4. The van der Waals surface area contributed by atoms with Gasteiger partial charge in [-0.2, -0.15) is 0 Å². The molecule has 6 nitrogen and oxygen atoms in total. The first-order chi connectivity index (χ1) is 12.6. The fourth-order valence-electron chi connectivity index (χ4n) is 3.81. The van der Waals surface area contributed by atoms with Crippen molar-refractivity contribution in [3.05, 3.63) is 29.3 Å². The van der Waals surface area contributed by atoms with Crippen LogP contribution in [-0.4, -0.2) is 52.0 Å². The van der Waals surface area contributed by atoms with Crippen molar-refractivity contribution in [1.29, 1.82) is 0 Å². The number of rotatable bonds is 7. The van der Waals surface area contributed by atoms with Gasteiger partial charge in [-0.05, 0) is 43.7 Å². The molecule has 2 fully saturated rings. The van der Waals surface area contributed by atoms with E-state index >= 15 is 0 Å². The molecule has 2 heterocycles. The van der Waals surface area contributed by atoms with Gasteiger partial charge in [0.15, 0.2) is 5.01 Å². The predicted octanol–water partition coefficient (Wildman–Crippen LogP) is 2.74. The Morgan fingerprint density at radius 3 is 2.69 bits per heavy atom. The number of aromatic nitrogens is 1. The monoisotopic (exact) mass is 373 g/mol. The van der Waals surface area contributed by atoms with Crippen molar-refractivity contribution in [2.24, 2.45) is 5.92 Å². The Hall–Kier alpha value is -1.99. The third-order valence-corrected chi connectivity index (χ3v) is 6.37. The number of para-hydroxylation sites is 1. The molecule has 0 unspecified atom stereocenters. The molecule has 2 aliphatic rings. The van der Waals surface area contributed by atoms with E-state index in [9.17, 15) is 9.59 Å². The average molecular weight is 373 g/mol. The van der Waals surface area contributed by atoms with Crippen molar-refractivity contribution in [1.82, 2.24) is 15.2 Å². The number of fused-ring (bicyclic) bond motifs is 1. The topological polar surface area (TPSA) is 82.5 Å². The predicted molar refractivity (Wildman–Crippen MR) is 100 cm³/mol. The molecule has 0 spiro atoms. The first kappa shape index (κ1) is 17.4. The highest BCUT2D eigenvalue weighted by atomic mass is 32.1. The van der Waals surface area contributed by atoms with Crippen LogP contribution in [0.5, 0.6) is 0 Å². The number of amides is 1. The van der Waals surface area contributed by atoms with Gasteiger partial charge in [-0.3, -0.25) is 14.5 Å². The number of thiazole rings is 1. The molecule has 1 aliphatic carbocycles. The first-order valence-electron chi connectivity index (χ1n) is 9.21. The van der Waals surface area contributed by atoms with Gasteiger partial charge in [-0.1, -0.05) is 12.1 Å². The zero-order valence-electron chi connectivity index (χ0n) is 14.6. The lowest BCUT2D eigenvalue weighted by Gasteiger charge is -2.29. The molecule has 1 aromatic carbocycles. The van der Waals surface area contributed by atoms with Crippen LogP contribution in [0.1, 0.15) is 41.9 Å². The van der Waals surface area contributed by atoms with Crippen molar-refractivity contribution >= 4 is 33.4 Å². The van der Waals surface area contributed by atoms with Crippen LogP contribution in [0.3, 0.4) is 0 Å². The van der Waals surface area contributed by atoms with Crippen molar-refractivity contribution in [3.8, 4) is 0 Å². The molecule has 0 radical (unpaired) electrons. The third-order valence-electron chi connectivity index (χ3n) is 5.33. The van der Waals surface area contributed by atoms with Crippen LogP contribution >= 0.6 is 11.3 Å². The summed E-state index contributed by atoms with van der Waals surface area (Å²) < 4.78 is 1.01. The molecule has 4 rings (SSSR count). The number of carbonyl (C=O) groups is 2. The molecule has 1 saturated heterocycles. The number of aliphatic carboxylic acids is 1. The second-order valence-corrected chi connectivity index (χ2v) is 8.35. The number of likely N-dealkylation sites (tertiary alicyclic amines) is 1. The summed E-state index contributed by atoms with van der Waals surface area (Å²) in [5.74, 6) is -0.180. The molecule has 7 heteroatoms. The fourth-order valence-corrected chi connectivity index (χ4v) is 4.69. The number of hydrogen-bond donors (Lipinski definition) is 2. The zero-order chi connectivity index (χ0) is 18.1. The summed E-state index contributed by atoms with van der Waals surface area (Å²) in [6.45, 7) is 1.51. The van der Waals surface area contributed by atoms with Crippen LogP contribution < -0.4 is 5.32 Å². The molecule has 26 heavy (non-hydrogen) atoms. The molecule has 1 aromatic heterocycles. The number of carboxylic acids is 1. The number of benzene rings is 1. The number of carboxylic acid groups (broad SMARTS) is 1. The van der Waals surface area contributed by atoms with Gasteiger partial charge in [0.05, 0.1) is 16.6 Å². The highest BCUT2D eigenvalue weighted by Crippen LogP contribution is 2.35. The maximum absolute atomic E-state index is 12.5. The normalized spacial score (nSPS) is 23.4. The van der Waals surface area contributed by atoms with Crippen molar-refractivity contribution in [2.45, 2.75) is 44.2 Å². The Morgan fingerprint density at radius 2 is 1.96 bits per heavy atom. The second-order valence-electron chi connectivity index (χ2n) is 7.32. The van der Waals surface area contributed by atoms with Gasteiger partial charge >= 0.3 is 5.97 Å². The molecule has 0 bridgehead atoms. The third kappa shape index (κ3) is 3.88. The molecule has 138 valence electrons. The second kappa shape index (κ2) is 7.32. The highest BCUT2D eigenvalue weighted by molar-refractivity contribution is 7.20.